The Morgan fingerprint density at radius 3 is 1.56 bits per heavy atom. The number of nitrogens with zero attached hydrogens (tertiary/aromatic N) is 1. The summed E-state index contributed by atoms with van der Waals surface area (Å²) in [6.45, 7) is 10.7. The number of rotatable bonds is 13. The van der Waals surface area contributed by atoms with Crippen LogP contribution in [0.4, 0.5) is 4.79 Å². The number of thioether (sulfide) groups is 2. The van der Waals surface area contributed by atoms with Crippen molar-refractivity contribution < 1.29 is 52.6 Å². The van der Waals surface area contributed by atoms with Crippen molar-refractivity contribution in [3.05, 3.63) is 95.6 Å². The lowest BCUT2D eigenvalue weighted by atomic mass is 9.93. The van der Waals surface area contributed by atoms with Gasteiger partial charge in [-0.2, -0.15) is 0 Å². The minimum absolute atomic E-state index is 0.0218. The Bertz CT molecular complexity index is 1720. The van der Waals surface area contributed by atoms with Crippen LogP contribution in [0.3, 0.4) is 0 Å². The second-order valence-corrected chi connectivity index (χ2v) is 17.1. The van der Waals surface area contributed by atoms with E-state index in [-0.39, 0.29) is 34.8 Å². The van der Waals surface area contributed by atoms with Gasteiger partial charge in [-0.3, -0.25) is 9.59 Å². The maximum atomic E-state index is 13.0. The van der Waals surface area contributed by atoms with Crippen molar-refractivity contribution >= 4 is 41.5 Å². The normalized spacial score (nSPS) is 20.7. The number of benzene rings is 3. The topological polar surface area (TPSA) is 139 Å². The predicted molar refractivity (Wildman–Crippen MR) is 210 cm³/mol. The van der Waals surface area contributed by atoms with E-state index in [1.807, 2.05) is 78.9 Å². The molecule has 0 radical (unpaired) electrons. The highest BCUT2D eigenvalue weighted by Crippen LogP contribution is 2.41. The Morgan fingerprint density at radius 1 is 0.709 bits per heavy atom. The highest BCUT2D eigenvalue weighted by atomic mass is 32.2. The number of amides is 2. The SMILES string of the molecule is COc1ccc(C2(CSCC(=O)N3C(=O)OC[C@@H]3c3ccccc3)OCC(C)(C)CO2)cc1.COc1ccc(C2(CSCC(=O)O)OCC(C)(C)CO2)cc1. The fraction of sp³-hybridized carbons (Fsp3) is 0.488. The summed E-state index contributed by atoms with van der Waals surface area (Å²) >= 11 is 2.67. The summed E-state index contributed by atoms with van der Waals surface area (Å²) in [6, 6.07) is 24.1. The number of hydrogen-bond acceptors (Lipinski definition) is 12. The third-order valence-corrected chi connectivity index (χ3v) is 11.3. The molecule has 0 bridgehead atoms. The number of aliphatic carboxylic acids is 1. The molecule has 1 atom stereocenters. The van der Waals surface area contributed by atoms with Crippen molar-refractivity contribution in [1.82, 2.24) is 4.90 Å². The molecule has 3 aliphatic heterocycles. The quantitative estimate of drug-likeness (QED) is 0.188. The number of imide groups is 1. The van der Waals surface area contributed by atoms with Crippen molar-refractivity contribution in [3.63, 3.8) is 0 Å². The second-order valence-electron chi connectivity index (χ2n) is 15.1. The number of carbonyl (C=O) groups excluding carboxylic acids is 2. The summed E-state index contributed by atoms with van der Waals surface area (Å²) in [5.74, 6) is -0.551. The van der Waals surface area contributed by atoms with Crippen LogP contribution in [0.25, 0.3) is 0 Å². The highest BCUT2D eigenvalue weighted by molar-refractivity contribution is 8.00. The van der Waals surface area contributed by atoms with Gasteiger partial charge in [0.1, 0.15) is 24.1 Å². The first-order valence-corrected chi connectivity index (χ1v) is 20.3. The summed E-state index contributed by atoms with van der Waals surface area (Å²) < 4.78 is 40.2. The lowest BCUT2D eigenvalue weighted by molar-refractivity contribution is -0.295. The van der Waals surface area contributed by atoms with Gasteiger partial charge in [0.2, 0.25) is 17.5 Å². The molecule has 0 saturated carbocycles. The Labute approximate surface area is 331 Å². The first-order chi connectivity index (χ1) is 26.2. The van der Waals surface area contributed by atoms with Crippen molar-refractivity contribution in [2.24, 2.45) is 10.8 Å². The van der Waals surface area contributed by atoms with Gasteiger partial charge in [0.15, 0.2) is 0 Å². The van der Waals surface area contributed by atoms with E-state index in [1.165, 1.54) is 28.4 Å². The fourth-order valence-electron chi connectivity index (χ4n) is 6.00. The van der Waals surface area contributed by atoms with E-state index in [0.29, 0.717) is 37.9 Å². The largest absolute Gasteiger partial charge is 0.497 e. The van der Waals surface area contributed by atoms with Gasteiger partial charge in [-0.15, -0.1) is 23.5 Å². The summed E-state index contributed by atoms with van der Waals surface area (Å²) in [5, 5.41) is 8.83. The number of hydrogen-bond donors (Lipinski definition) is 1. The maximum absolute atomic E-state index is 13.0. The lowest BCUT2D eigenvalue weighted by Gasteiger charge is -2.43. The van der Waals surface area contributed by atoms with Gasteiger partial charge < -0.3 is 38.3 Å². The van der Waals surface area contributed by atoms with Gasteiger partial charge in [-0.1, -0.05) is 58.0 Å². The molecule has 298 valence electrons. The molecule has 55 heavy (non-hydrogen) atoms. The molecule has 6 rings (SSSR count). The first-order valence-electron chi connectivity index (χ1n) is 18.0. The predicted octanol–water partition coefficient (Wildman–Crippen LogP) is 7.11. The van der Waals surface area contributed by atoms with E-state index in [9.17, 15) is 14.4 Å². The zero-order valence-electron chi connectivity index (χ0n) is 32.2. The van der Waals surface area contributed by atoms with Gasteiger partial charge in [-0.25, -0.2) is 9.69 Å². The van der Waals surface area contributed by atoms with E-state index in [0.717, 1.165) is 28.2 Å². The zero-order chi connectivity index (χ0) is 39.7. The smallest absolute Gasteiger partial charge is 0.417 e. The molecule has 3 aromatic carbocycles. The monoisotopic (exact) mass is 797 g/mol. The van der Waals surface area contributed by atoms with E-state index < -0.39 is 29.7 Å². The summed E-state index contributed by atoms with van der Waals surface area (Å²) in [6.07, 6.45) is -0.605. The zero-order valence-corrected chi connectivity index (χ0v) is 33.9. The van der Waals surface area contributed by atoms with Crippen LogP contribution in [-0.2, 0) is 44.8 Å². The first kappa shape index (κ1) is 42.4. The number of cyclic esters (lactones) is 1. The van der Waals surface area contributed by atoms with Gasteiger partial charge in [0, 0.05) is 22.0 Å². The number of ether oxygens (including phenoxy) is 7. The average Bonchev–Trinajstić information content (AvgIpc) is 3.58. The van der Waals surface area contributed by atoms with Crippen LogP contribution >= 0.6 is 23.5 Å². The maximum Gasteiger partial charge on any atom is 0.417 e. The van der Waals surface area contributed by atoms with Crippen LogP contribution in [0.15, 0.2) is 78.9 Å². The Morgan fingerprint density at radius 2 is 1.15 bits per heavy atom. The van der Waals surface area contributed by atoms with Crippen LogP contribution in [0, 0.1) is 10.8 Å². The third kappa shape index (κ3) is 11.0. The molecular formula is C41H51NO11S2. The molecule has 0 unspecified atom stereocenters. The van der Waals surface area contributed by atoms with Crippen molar-refractivity contribution in [2.45, 2.75) is 45.3 Å². The summed E-state index contributed by atoms with van der Waals surface area (Å²) in [7, 11) is 3.23. The fourth-order valence-corrected chi connectivity index (χ4v) is 7.90. The van der Waals surface area contributed by atoms with Crippen molar-refractivity contribution in [3.8, 4) is 11.5 Å². The summed E-state index contributed by atoms with van der Waals surface area (Å²) in [5.41, 5.74) is 2.47. The molecule has 3 aliphatic rings. The third-order valence-electron chi connectivity index (χ3n) is 9.21. The Hall–Kier alpha value is -3.79. The van der Waals surface area contributed by atoms with Crippen LogP contribution in [-0.4, -0.2) is 98.2 Å². The highest BCUT2D eigenvalue weighted by Gasteiger charge is 2.44. The Balaban J connectivity index is 0.000000229. The Kier molecular flexibility index (Phi) is 14.2. The van der Waals surface area contributed by atoms with Gasteiger partial charge >= 0.3 is 12.1 Å². The molecular weight excluding hydrogens is 747 g/mol. The standard InChI is InChI=1S/C25H29NO6S.C16H22O5S/c1-24(2)15-31-25(32-16-24,19-9-11-20(29-3)12-10-19)17-33-14-22(27)26-21(13-30-23(26)28)18-7-5-4-6-8-18;1-15(2)9-20-16(21-10-15,11-22-8-14(17)18)12-4-6-13(19-3)7-5-12/h4-12,21H,13-17H2,1-3H3;4-7H,8-11H2,1-3H3,(H,17,18)/t21-;/m1./s1. The number of carbonyl (C=O) groups is 3. The number of carboxylic acid groups (broad SMARTS) is 1. The second kappa shape index (κ2) is 18.4. The minimum atomic E-state index is -0.975. The molecule has 3 fully saturated rings. The lowest BCUT2D eigenvalue weighted by Crippen LogP contribution is -2.47. The molecule has 3 aromatic rings. The molecule has 2 amide bonds. The van der Waals surface area contributed by atoms with Crippen LogP contribution < -0.4 is 9.47 Å². The number of methoxy groups -OCH3 is 2. The molecule has 0 aromatic heterocycles. The van der Waals surface area contributed by atoms with E-state index in [4.69, 9.17) is 38.3 Å². The number of carboxylic acids is 1. The van der Waals surface area contributed by atoms with E-state index in [1.54, 1.807) is 14.2 Å². The molecule has 12 nitrogen and oxygen atoms in total. The van der Waals surface area contributed by atoms with Gasteiger partial charge in [0.25, 0.3) is 0 Å². The molecule has 3 saturated heterocycles. The molecule has 1 N–H and O–H groups in total. The van der Waals surface area contributed by atoms with Crippen LogP contribution in [0.5, 0.6) is 11.5 Å². The van der Waals surface area contributed by atoms with Crippen molar-refractivity contribution in [2.75, 3.05) is 70.3 Å². The van der Waals surface area contributed by atoms with Gasteiger partial charge in [-0.05, 0) is 54.1 Å². The molecule has 3 heterocycles. The molecule has 14 heteroatoms. The van der Waals surface area contributed by atoms with Gasteiger partial charge in [0.05, 0.1) is 63.7 Å². The van der Waals surface area contributed by atoms with E-state index >= 15 is 0 Å². The minimum Gasteiger partial charge on any atom is -0.497 e. The summed E-state index contributed by atoms with van der Waals surface area (Å²) in [4.78, 5) is 37.3. The van der Waals surface area contributed by atoms with Crippen LogP contribution in [0.2, 0.25) is 0 Å². The van der Waals surface area contributed by atoms with E-state index in [2.05, 4.69) is 27.7 Å². The molecule has 0 aliphatic carbocycles. The molecule has 0 spiro atoms. The van der Waals surface area contributed by atoms with Crippen LogP contribution in [0.1, 0.15) is 50.4 Å². The van der Waals surface area contributed by atoms with Crippen molar-refractivity contribution in [1.29, 1.82) is 0 Å². The average molecular weight is 798 g/mol.